The molecule has 1 unspecified atom stereocenters. The maximum atomic E-state index is 10.9. The Morgan fingerprint density at radius 1 is 1.62 bits per heavy atom. The molecule has 0 saturated carbocycles. The predicted octanol–water partition coefficient (Wildman–Crippen LogP) is -0.571. The largest absolute Gasteiger partial charge is 0.462 e. The maximum absolute atomic E-state index is 10.9. The molecule has 1 saturated heterocycles. The fourth-order valence-corrected chi connectivity index (χ4v) is 1.52. The minimum atomic E-state index is -4.00. The first-order valence-corrected chi connectivity index (χ1v) is 5.22. The predicted molar refractivity (Wildman–Crippen MR) is 41.4 cm³/mol. The van der Waals surface area contributed by atoms with Gasteiger partial charge in [-0.05, 0) is 0 Å². The highest BCUT2D eigenvalue weighted by molar-refractivity contribution is 7.82. The molecule has 1 heterocycles. The van der Waals surface area contributed by atoms with E-state index >= 15 is 0 Å². The van der Waals surface area contributed by atoms with Crippen LogP contribution < -0.4 is 0 Å². The van der Waals surface area contributed by atoms with Gasteiger partial charge in [0.15, 0.2) is 0 Å². The Bertz CT molecular complexity index is 285. The van der Waals surface area contributed by atoms with Crippen LogP contribution in [0.5, 0.6) is 0 Å². The summed E-state index contributed by atoms with van der Waals surface area (Å²) in [4.78, 5) is 10.9. The van der Waals surface area contributed by atoms with E-state index in [1.54, 1.807) is 0 Å². The number of esters is 1. The van der Waals surface area contributed by atoms with Gasteiger partial charge in [-0.3, -0.25) is 0 Å². The molecule has 0 aliphatic carbocycles. The van der Waals surface area contributed by atoms with Crippen LogP contribution in [0.15, 0.2) is 0 Å². The molecule has 0 radical (unpaired) electrons. The summed E-state index contributed by atoms with van der Waals surface area (Å²) in [5, 5.41) is 0. The van der Waals surface area contributed by atoms with Gasteiger partial charge in [-0.2, -0.15) is 8.42 Å². The third-order valence-electron chi connectivity index (χ3n) is 1.18. The molecule has 6 nitrogen and oxygen atoms in total. The molecule has 0 spiro atoms. The highest BCUT2D eigenvalue weighted by atomic mass is 35.5. The van der Waals surface area contributed by atoms with Crippen LogP contribution in [0.1, 0.15) is 0 Å². The SMILES string of the molecule is O=C(OCCCl)C1COS(=O)(=O)O1. The molecule has 0 aromatic carbocycles. The Balaban J connectivity index is 2.42. The number of rotatable bonds is 3. The normalized spacial score (nSPS) is 25.8. The van der Waals surface area contributed by atoms with Gasteiger partial charge in [0.2, 0.25) is 6.10 Å². The summed E-state index contributed by atoms with van der Waals surface area (Å²) in [6, 6.07) is 0. The molecule has 1 rings (SSSR count). The van der Waals surface area contributed by atoms with E-state index in [1.807, 2.05) is 0 Å². The Labute approximate surface area is 80.0 Å². The fourth-order valence-electron chi connectivity index (χ4n) is 0.682. The van der Waals surface area contributed by atoms with Crippen LogP contribution in [0.3, 0.4) is 0 Å². The number of carbonyl (C=O) groups excluding carboxylic acids is 1. The lowest BCUT2D eigenvalue weighted by Crippen LogP contribution is -2.26. The van der Waals surface area contributed by atoms with Crippen LogP contribution >= 0.6 is 11.6 Å². The topological polar surface area (TPSA) is 78.9 Å². The Morgan fingerprint density at radius 3 is 2.77 bits per heavy atom. The summed E-state index contributed by atoms with van der Waals surface area (Å²) in [7, 11) is -4.00. The highest BCUT2D eigenvalue weighted by Gasteiger charge is 2.36. The zero-order valence-electron chi connectivity index (χ0n) is 6.43. The molecule has 0 aromatic heterocycles. The van der Waals surface area contributed by atoms with Crippen molar-refractivity contribution in [1.82, 2.24) is 0 Å². The molecule has 76 valence electrons. The summed E-state index contributed by atoms with van der Waals surface area (Å²) in [6.07, 6.45) is -1.20. The van der Waals surface area contributed by atoms with Crippen LogP contribution in [0.25, 0.3) is 0 Å². The van der Waals surface area contributed by atoms with Crippen molar-refractivity contribution in [2.75, 3.05) is 19.1 Å². The van der Waals surface area contributed by atoms with Crippen molar-refractivity contribution in [3.05, 3.63) is 0 Å². The van der Waals surface area contributed by atoms with Crippen molar-refractivity contribution in [2.45, 2.75) is 6.10 Å². The smallest absolute Gasteiger partial charge is 0.400 e. The second-order valence-corrected chi connectivity index (χ2v) is 3.76. The van der Waals surface area contributed by atoms with E-state index in [-0.39, 0.29) is 19.1 Å². The number of alkyl halides is 1. The molecule has 1 aliphatic heterocycles. The van der Waals surface area contributed by atoms with Gasteiger partial charge in [0.1, 0.15) is 13.2 Å². The van der Waals surface area contributed by atoms with Crippen molar-refractivity contribution in [3.63, 3.8) is 0 Å². The first-order valence-electron chi connectivity index (χ1n) is 3.35. The molecule has 0 bridgehead atoms. The Kier molecular flexibility index (Phi) is 3.48. The third-order valence-corrected chi connectivity index (χ3v) is 2.23. The average molecular weight is 231 g/mol. The third kappa shape index (κ3) is 3.11. The zero-order valence-corrected chi connectivity index (χ0v) is 8.01. The van der Waals surface area contributed by atoms with Crippen molar-refractivity contribution in [1.29, 1.82) is 0 Å². The van der Waals surface area contributed by atoms with Crippen molar-refractivity contribution in [3.8, 4) is 0 Å². The van der Waals surface area contributed by atoms with Crippen molar-refractivity contribution < 1.29 is 26.3 Å². The molecule has 0 amide bonds. The Hall–Kier alpha value is -0.370. The summed E-state index contributed by atoms with van der Waals surface area (Å²) >= 11 is 5.24. The van der Waals surface area contributed by atoms with E-state index in [9.17, 15) is 13.2 Å². The fraction of sp³-hybridized carbons (Fsp3) is 0.800. The minimum Gasteiger partial charge on any atom is -0.462 e. The maximum Gasteiger partial charge on any atom is 0.400 e. The number of carbonyl (C=O) groups is 1. The van der Waals surface area contributed by atoms with Crippen molar-refractivity contribution in [2.24, 2.45) is 0 Å². The van der Waals surface area contributed by atoms with Crippen LogP contribution in [-0.4, -0.2) is 39.6 Å². The molecule has 1 aliphatic rings. The molecule has 0 N–H and O–H groups in total. The second kappa shape index (κ2) is 4.23. The summed E-state index contributed by atoms with van der Waals surface area (Å²) in [6.45, 7) is -0.330. The number of hydrogen-bond donors (Lipinski definition) is 0. The van der Waals surface area contributed by atoms with Crippen LogP contribution in [-0.2, 0) is 28.3 Å². The van der Waals surface area contributed by atoms with Crippen LogP contribution in [0, 0.1) is 0 Å². The molecule has 1 atom stereocenters. The van der Waals surface area contributed by atoms with Crippen LogP contribution in [0.4, 0.5) is 0 Å². The monoisotopic (exact) mass is 230 g/mol. The number of ether oxygens (including phenoxy) is 1. The van der Waals surface area contributed by atoms with E-state index in [4.69, 9.17) is 11.6 Å². The van der Waals surface area contributed by atoms with E-state index < -0.39 is 22.5 Å². The quantitative estimate of drug-likeness (QED) is 0.477. The van der Waals surface area contributed by atoms with Gasteiger partial charge in [0, 0.05) is 0 Å². The zero-order chi connectivity index (χ0) is 9.90. The second-order valence-electron chi connectivity index (χ2n) is 2.13. The first kappa shape index (κ1) is 10.7. The highest BCUT2D eigenvalue weighted by Crippen LogP contribution is 2.13. The average Bonchev–Trinajstić information content (AvgIpc) is 2.42. The first-order chi connectivity index (χ1) is 6.05. The summed E-state index contributed by atoms with van der Waals surface area (Å²) < 4.78 is 34.0. The van der Waals surface area contributed by atoms with E-state index in [0.29, 0.717) is 0 Å². The standard InChI is InChI=1S/C5H7ClO6S/c6-1-2-10-5(7)4-3-11-13(8,9)12-4/h4H,1-3H2. The van der Waals surface area contributed by atoms with Crippen molar-refractivity contribution >= 4 is 28.0 Å². The van der Waals surface area contributed by atoms with E-state index in [1.165, 1.54) is 0 Å². The lowest BCUT2D eigenvalue weighted by atomic mass is 10.4. The summed E-state index contributed by atoms with van der Waals surface area (Å²) in [5.41, 5.74) is 0. The lowest BCUT2D eigenvalue weighted by Gasteiger charge is -2.04. The minimum absolute atomic E-state index is 0.0142. The Morgan fingerprint density at radius 2 is 2.31 bits per heavy atom. The van der Waals surface area contributed by atoms with Gasteiger partial charge in [-0.15, -0.1) is 11.6 Å². The van der Waals surface area contributed by atoms with Gasteiger partial charge in [0.05, 0.1) is 5.88 Å². The van der Waals surface area contributed by atoms with Gasteiger partial charge >= 0.3 is 16.4 Å². The van der Waals surface area contributed by atoms with Gasteiger partial charge in [-0.1, -0.05) is 0 Å². The molecular weight excluding hydrogens is 224 g/mol. The van der Waals surface area contributed by atoms with Gasteiger partial charge < -0.3 is 4.74 Å². The molecule has 1 fully saturated rings. The molecule has 8 heteroatoms. The number of halogens is 1. The van der Waals surface area contributed by atoms with E-state index in [0.717, 1.165) is 0 Å². The lowest BCUT2D eigenvalue weighted by molar-refractivity contribution is -0.150. The van der Waals surface area contributed by atoms with E-state index in [2.05, 4.69) is 13.1 Å². The molecule has 13 heavy (non-hydrogen) atoms. The molecule has 0 aromatic rings. The summed E-state index contributed by atoms with van der Waals surface area (Å²) in [5.74, 6) is -0.645. The van der Waals surface area contributed by atoms with Crippen LogP contribution in [0.2, 0.25) is 0 Å². The van der Waals surface area contributed by atoms with Gasteiger partial charge in [0.25, 0.3) is 0 Å². The number of hydrogen-bond acceptors (Lipinski definition) is 6. The van der Waals surface area contributed by atoms with Gasteiger partial charge in [-0.25, -0.2) is 13.2 Å². The molecular formula is C5H7ClO6S.